The highest BCUT2D eigenvalue weighted by Crippen LogP contribution is 2.33. The molecule has 110 valence electrons. The van der Waals surface area contributed by atoms with Crippen LogP contribution < -0.4 is 5.32 Å². The van der Waals surface area contributed by atoms with Crippen LogP contribution in [0, 0.1) is 11.8 Å². The number of piperidine rings is 1. The van der Waals surface area contributed by atoms with Crippen LogP contribution in [0.2, 0.25) is 0 Å². The molecule has 0 unspecified atom stereocenters. The van der Waals surface area contributed by atoms with Crippen molar-refractivity contribution in [2.75, 3.05) is 13.1 Å². The number of nitrogens with one attached hydrogen (secondary N) is 1. The van der Waals surface area contributed by atoms with Gasteiger partial charge in [-0.05, 0) is 25.2 Å². The van der Waals surface area contributed by atoms with E-state index in [0.717, 1.165) is 51.0 Å². The third kappa shape index (κ3) is 3.20. The van der Waals surface area contributed by atoms with E-state index in [-0.39, 0.29) is 0 Å². The van der Waals surface area contributed by atoms with Crippen molar-refractivity contribution in [2.24, 2.45) is 11.8 Å². The summed E-state index contributed by atoms with van der Waals surface area (Å²) in [7, 11) is 0. The highest BCUT2D eigenvalue weighted by molar-refractivity contribution is 7.07. The minimum atomic E-state index is 0.354. The summed E-state index contributed by atoms with van der Waals surface area (Å²) in [5.74, 6) is 1.33. The van der Waals surface area contributed by atoms with E-state index in [9.17, 15) is 4.79 Å². The molecular weight excluding hydrogens is 270 g/mol. The van der Waals surface area contributed by atoms with Gasteiger partial charge in [-0.15, -0.1) is 11.3 Å². The lowest BCUT2D eigenvalue weighted by molar-refractivity contribution is -0.134. The average molecular weight is 293 g/mol. The third-order valence-electron chi connectivity index (χ3n) is 4.53. The third-order valence-corrected chi connectivity index (χ3v) is 5.16. The highest BCUT2D eigenvalue weighted by atomic mass is 32.1. The molecule has 1 saturated carbocycles. The molecule has 1 amide bonds. The number of carbonyl (C=O) groups excluding carboxylic acids is 1. The molecule has 2 heterocycles. The Kier molecular flexibility index (Phi) is 4.36. The number of amides is 1. The van der Waals surface area contributed by atoms with E-state index < -0.39 is 0 Å². The Morgan fingerprint density at radius 3 is 3.00 bits per heavy atom. The maximum atomic E-state index is 12.2. The summed E-state index contributed by atoms with van der Waals surface area (Å²) in [5.41, 5.74) is 3.01. The first-order chi connectivity index (χ1) is 9.78. The Morgan fingerprint density at radius 1 is 1.50 bits per heavy atom. The summed E-state index contributed by atoms with van der Waals surface area (Å²) in [6.07, 6.45) is 4.42. The molecule has 1 aliphatic heterocycles. The Bertz CT molecular complexity index is 444. The van der Waals surface area contributed by atoms with Gasteiger partial charge < -0.3 is 10.2 Å². The van der Waals surface area contributed by atoms with Gasteiger partial charge in [0.05, 0.1) is 11.2 Å². The van der Waals surface area contributed by atoms with E-state index in [4.69, 9.17) is 0 Å². The number of rotatable bonds is 5. The number of carbonyl (C=O) groups is 1. The second kappa shape index (κ2) is 6.22. The van der Waals surface area contributed by atoms with Crippen molar-refractivity contribution in [3.8, 4) is 0 Å². The molecule has 4 nitrogen and oxygen atoms in total. The molecule has 1 N–H and O–H groups in total. The first-order valence-corrected chi connectivity index (χ1v) is 8.61. The summed E-state index contributed by atoms with van der Waals surface area (Å²) < 4.78 is 0. The van der Waals surface area contributed by atoms with Crippen molar-refractivity contribution >= 4 is 17.2 Å². The minimum absolute atomic E-state index is 0.354. The summed E-state index contributed by atoms with van der Waals surface area (Å²) in [6.45, 7) is 4.93. The first-order valence-electron chi connectivity index (χ1n) is 7.67. The fourth-order valence-corrected chi connectivity index (χ4v) is 3.62. The van der Waals surface area contributed by atoms with Gasteiger partial charge in [-0.25, -0.2) is 4.98 Å². The smallest absolute Gasteiger partial charge is 0.225 e. The molecule has 2 atom stereocenters. The second-order valence-corrected chi connectivity index (χ2v) is 6.70. The van der Waals surface area contributed by atoms with E-state index >= 15 is 0 Å². The number of hydrogen-bond acceptors (Lipinski definition) is 4. The Balaban J connectivity index is 1.52. The number of aromatic nitrogens is 1. The fraction of sp³-hybridized carbons (Fsp3) is 0.733. The van der Waals surface area contributed by atoms with Crippen LogP contribution in [0.1, 0.15) is 38.3 Å². The van der Waals surface area contributed by atoms with Crippen molar-refractivity contribution < 1.29 is 4.79 Å². The summed E-state index contributed by atoms with van der Waals surface area (Å²) in [6, 6.07) is 0.518. The fourth-order valence-electron chi connectivity index (χ4n) is 3.06. The molecule has 2 aliphatic rings. The van der Waals surface area contributed by atoms with Gasteiger partial charge in [0.25, 0.3) is 0 Å². The van der Waals surface area contributed by atoms with E-state index in [1.807, 2.05) is 5.51 Å². The lowest BCUT2D eigenvalue weighted by Gasteiger charge is -2.39. The van der Waals surface area contributed by atoms with Gasteiger partial charge in [-0.3, -0.25) is 4.79 Å². The summed E-state index contributed by atoms with van der Waals surface area (Å²) >= 11 is 1.64. The zero-order chi connectivity index (χ0) is 13.9. The molecule has 1 aromatic heterocycles. The van der Waals surface area contributed by atoms with Crippen LogP contribution in [-0.2, 0) is 11.3 Å². The lowest BCUT2D eigenvalue weighted by atomic mass is 9.89. The molecule has 0 bridgehead atoms. The largest absolute Gasteiger partial charge is 0.342 e. The van der Waals surface area contributed by atoms with Gasteiger partial charge in [0.15, 0.2) is 0 Å². The summed E-state index contributed by atoms with van der Waals surface area (Å²) in [5, 5.41) is 5.73. The maximum absolute atomic E-state index is 12.2. The second-order valence-electron chi connectivity index (χ2n) is 5.98. The number of hydrogen-bond donors (Lipinski definition) is 1. The topological polar surface area (TPSA) is 45.2 Å². The van der Waals surface area contributed by atoms with Crippen molar-refractivity contribution in [3.63, 3.8) is 0 Å². The molecule has 1 saturated heterocycles. The van der Waals surface area contributed by atoms with Gasteiger partial charge in [0.1, 0.15) is 0 Å². The predicted molar refractivity (Wildman–Crippen MR) is 80.4 cm³/mol. The minimum Gasteiger partial charge on any atom is -0.342 e. The SMILES string of the molecule is CC[C@@H]1CN(C(=O)C2CC2)CC[C@H]1NCc1cscn1. The van der Waals surface area contributed by atoms with Crippen molar-refractivity contribution in [3.05, 3.63) is 16.6 Å². The molecule has 3 rings (SSSR count). The molecule has 0 aromatic carbocycles. The number of thiazole rings is 1. The zero-order valence-corrected chi connectivity index (χ0v) is 12.9. The van der Waals surface area contributed by atoms with Gasteiger partial charge in [0, 0.05) is 37.0 Å². The Hall–Kier alpha value is -0.940. The van der Waals surface area contributed by atoms with Crippen molar-refractivity contribution in [1.29, 1.82) is 0 Å². The average Bonchev–Trinajstić information content (AvgIpc) is 3.21. The molecule has 0 spiro atoms. The van der Waals surface area contributed by atoms with E-state index in [1.165, 1.54) is 0 Å². The number of likely N-dealkylation sites (tertiary alicyclic amines) is 1. The maximum Gasteiger partial charge on any atom is 0.225 e. The Labute approximate surface area is 124 Å². The molecular formula is C15H23N3OS. The van der Waals surface area contributed by atoms with Gasteiger partial charge in [-0.2, -0.15) is 0 Å². The normalized spacial score (nSPS) is 26.8. The van der Waals surface area contributed by atoms with E-state index in [0.29, 0.717) is 23.8 Å². The van der Waals surface area contributed by atoms with Gasteiger partial charge >= 0.3 is 0 Å². The first kappa shape index (κ1) is 14.0. The quantitative estimate of drug-likeness (QED) is 0.906. The lowest BCUT2D eigenvalue weighted by Crippen LogP contribution is -2.51. The monoisotopic (exact) mass is 293 g/mol. The van der Waals surface area contributed by atoms with E-state index in [2.05, 4.69) is 27.5 Å². The van der Waals surface area contributed by atoms with Crippen LogP contribution in [-0.4, -0.2) is 34.9 Å². The van der Waals surface area contributed by atoms with Crippen LogP contribution in [0.15, 0.2) is 10.9 Å². The van der Waals surface area contributed by atoms with Crippen LogP contribution >= 0.6 is 11.3 Å². The van der Waals surface area contributed by atoms with Gasteiger partial charge in [-0.1, -0.05) is 13.3 Å². The van der Waals surface area contributed by atoms with Crippen LogP contribution in [0.25, 0.3) is 0 Å². The van der Waals surface area contributed by atoms with Crippen molar-refractivity contribution in [1.82, 2.24) is 15.2 Å². The standard InChI is InChI=1S/C15H23N3OS/c1-2-11-8-18(15(19)12-3-4-12)6-5-14(11)16-7-13-9-20-10-17-13/h9-12,14,16H,2-8H2,1H3/t11-,14-/m1/s1. The number of nitrogens with zero attached hydrogens (tertiary/aromatic N) is 2. The Morgan fingerprint density at radius 2 is 2.35 bits per heavy atom. The van der Waals surface area contributed by atoms with Crippen LogP contribution in [0.5, 0.6) is 0 Å². The highest BCUT2D eigenvalue weighted by Gasteiger charge is 2.37. The van der Waals surface area contributed by atoms with Crippen LogP contribution in [0.3, 0.4) is 0 Å². The summed E-state index contributed by atoms with van der Waals surface area (Å²) in [4.78, 5) is 18.6. The van der Waals surface area contributed by atoms with E-state index in [1.54, 1.807) is 11.3 Å². The molecule has 0 radical (unpaired) electrons. The van der Waals surface area contributed by atoms with Gasteiger partial charge in [0.2, 0.25) is 5.91 Å². The zero-order valence-electron chi connectivity index (χ0n) is 12.0. The van der Waals surface area contributed by atoms with Crippen molar-refractivity contribution in [2.45, 2.75) is 45.2 Å². The molecule has 5 heteroatoms. The molecule has 20 heavy (non-hydrogen) atoms. The molecule has 1 aliphatic carbocycles. The molecule has 2 fully saturated rings. The van der Waals surface area contributed by atoms with Crippen LogP contribution in [0.4, 0.5) is 0 Å². The molecule has 1 aromatic rings. The predicted octanol–water partition coefficient (Wildman–Crippen LogP) is 2.27.